The Balaban J connectivity index is 1.38. The quantitative estimate of drug-likeness (QED) is 0.274. The molecule has 0 aliphatic rings. The van der Waals surface area contributed by atoms with Crippen molar-refractivity contribution in [1.82, 2.24) is 35.1 Å². The van der Waals surface area contributed by atoms with Crippen molar-refractivity contribution >= 4 is 44.9 Å². The molecular formula is C26H22N8OS. The third-order valence-electron chi connectivity index (χ3n) is 5.78. The van der Waals surface area contributed by atoms with Crippen LogP contribution >= 0.6 is 11.3 Å². The Kier molecular flexibility index (Phi) is 5.49. The number of pyridine rings is 3. The molecule has 10 heteroatoms. The van der Waals surface area contributed by atoms with Crippen LogP contribution in [0.3, 0.4) is 0 Å². The van der Waals surface area contributed by atoms with E-state index in [0.29, 0.717) is 29.3 Å². The number of rotatable bonds is 6. The van der Waals surface area contributed by atoms with Gasteiger partial charge in [0.05, 0.1) is 40.5 Å². The van der Waals surface area contributed by atoms with Crippen LogP contribution in [0.4, 0.5) is 5.69 Å². The molecule has 0 bridgehead atoms. The van der Waals surface area contributed by atoms with E-state index in [1.165, 1.54) is 0 Å². The van der Waals surface area contributed by atoms with E-state index in [1.807, 2.05) is 43.5 Å². The number of carbonyl (C=O) groups is 1. The molecule has 0 saturated heterocycles. The number of hydrogen-bond acceptors (Lipinski definition) is 7. The Bertz CT molecular complexity index is 1700. The monoisotopic (exact) mass is 494 g/mol. The Labute approximate surface area is 210 Å². The lowest BCUT2D eigenvalue weighted by Crippen LogP contribution is -2.13. The number of aromatic nitrogens is 7. The SMILES string of the molecule is CC(C)CC(=O)Nc1cncc(-c2cc3c(-c4nc5c(-c6ccsc6)nccc5[nH]4)n[nH]c3cn2)c1. The van der Waals surface area contributed by atoms with E-state index in [2.05, 4.69) is 40.8 Å². The van der Waals surface area contributed by atoms with Gasteiger partial charge in [0.1, 0.15) is 11.2 Å². The Morgan fingerprint density at radius 2 is 1.97 bits per heavy atom. The van der Waals surface area contributed by atoms with Crippen molar-refractivity contribution in [2.24, 2.45) is 5.92 Å². The van der Waals surface area contributed by atoms with Gasteiger partial charge in [0.15, 0.2) is 5.82 Å². The zero-order valence-corrected chi connectivity index (χ0v) is 20.4. The minimum absolute atomic E-state index is 0.0364. The predicted octanol–water partition coefficient (Wildman–Crippen LogP) is 5.67. The first-order chi connectivity index (χ1) is 17.5. The second-order valence-electron chi connectivity index (χ2n) is 8.95. The van der Waals surface area contributed by atoms with E-state index in [-0.39, 0.29) is 11.8 Å². The number of imidazole rings is 1. The summed E-state index contributed by atoms with van der Waals surface area (Å²) in [6.45, 7) is 4.02. The van der Waals surface area contributed by atoms with E-state index in [4.69, 9.17) is 4.98 Å². The van der Waals surface area contributed by atoms with Crippen LogP contribution in [0.5, 0.6) is 0 Å². The van der Waals surface area contributed by atoms with Crippen molar-refractivity contribution in [3.8, 4) is 34.0 Å². The molecule has 0 saturated carbocycles. The topological polar surface area (TPSA) is 125 Å². The van der Waals surface area contributed by atoms with Gasteiger partial charge in [0.25, 0.3) is 0 Å². The molecule has 0 unspecified atom stereocenters. The maximum atomic E-state index is 12.2. The van der Waals surface area contributed by atoms with Gasteiger partial charge in [-0.2, -0.15) is 16.4 Å². The number of amides is 1. The fourth-order valence-corrected chi connectivity index (χ4v) is 4.78. The number of aromatic amines is 2. The molecule has 36 heavy (non-hydrogen) atoms. The first kappa shape index (κ1) is 22.1. The van der Waals surface area contributed by atoms with E-state index in [0.717, 1.165) is 38.8 Å². The van der Waals surface area contributed by atoms with Gasteiger partial charge in [0, 0.05) is 40.7 Å². The maximum Gasteiger partial charge on any atom is 0.224 e. The molecule has 0 atom stereocenters. The van der Waals surface area contributed by atoms with Crippen LogP contribution in [0.2, 0.25) is 0 Å². The zero-order chi connectivity index (χ0) is 24.6. The lowest BCUT2D eigenvalue weighted by atomic mass is 10.1. The molecular weight excluding hydrogens is 472 g/mol. The molecule has 0 spiro atoms. The number of nitrogens with one attached hydrogen (secondary N) is 3. The molecule has 6 rings (SSSR count). The first-order valence-corrected chi connectivity index (χ1v) is 12.5. The summed E-state index contributed by atoms with van der Waals surface area (Å²) in [6.07, 6.45) is 7.34. The molecule has 3 N–H and O–H groups in total. The zero-order valence-electron chi connectivity index (χ0n) is 19.6. The standard InChI is InChI=1S/C26H22N8OS/c1-14(2)7-22(35)30-17-8-16(10-27-11-17)20-9-18-21(12-29-20)33-34-24(18)26-31-19-3-5-28-23(25(19)32-26)15-4-6-36-13-15/h3-6,8-14H,7H2,1-2H3,(H,30,35)(H,31,32)(H,33,34). The van der Waals surface area contributed by atoms with Gasteiger partial charge in [-0.3, -0.25) is 24.8 Å². The van der Waals surface area contributed by atoms with Gasteiger partial charge in [0.2, 0.25) is 5.91 Å². The fourth-order valence-electron chi connectivity index (χ4n) is 4.14. The van der Waals surface area contributed by atoms with Gasteiger partial charge in [-0.25, -0.2) is 4.98 Å². The predicted molar refractivity (Wildman–Crippen MR) is 141 cm³/mol. The van der Waals surface area contributed by atoms with Gasteiger partial charge in [-0.15, -0.1) is 0 Å². The smallest absolute Gasteiger partial charge is 0.224 e. The summed E-state index contributed by atoms with van der Waals surface area (Å²) in [4.78, 5) is 33.9. The van der Waals surface area contributed by atoms with Crippen LogP contribution in [0.15, 0.2) is 59.8 Å². The molecule has 0 radical (unpaired) electrons. The molecule has 6 aromatic rings. The minimum Gasteiger partial charge on any atom is -0.336 e. The molecule has 0 aliphatic carbocycles. The van der Waals surface area contributed by atoms with Crippen molar-refractivity contribution < 1.29 is 4.79 Å². The van der Waals surface area contributed by atoms with Gasteiger partial charge < -0.3 is 10.3 Å². The molecule has 0 fully saturated rings. The Hall–Kier alpha value is -4.44. The van der Waals surface area contributed by atoms with Crippen LogP contribution in [0.25, 0.3) is 56.0 Å². The highest BCUT2D eigenvalue weighted by molar-refractivity contribution is 7.08. The lowest BCUT2D eigenvalue weighted by Gasteiger charge is -2.08. The Morgan fingerprint density at radius 1 is 1.06 bits per heavy atom. The molecule has 6 aromatic heterocycles. The highest BCUT2D eigenvalue weighted by atomic mass is 32.1. The molecule has 0 aromatic carbocycles. The van der Waals surface area contributed by atoms with Crippen molar-refractivity contribution in [2.75, 3.05) is 5.32 Å². The molecule has 9 nitrogen and oxygen atoms in total. The summed E-state index contributed by atoms with van der Waals surface area (Å²) in [6, 6.07) is 7.78. The summed E-state index contributed by atoms with van der Waals surface area (Å²) in [5, 5.41) is 15.4. The summed E-state index contributed by atoms with van der Waals surface area (Å²) in [7, 11) is 0. The average molecular weight is 495 g/mol. The third kappa shape index (κ3) is 4.11. The highest BCUT2D eigenvalue weighted by Gasteiger charge is 2.17. The number of nitrogens with zero attached hydrogens (tertiary/aromatic N) is 5. The normalized spacial score (nSPS) is 11.5. The van der Waals surface area contributed by atoms with E-state index >= 15 is 0 Å². The van der Waals surface area contributed by atoms with Crippen LogP contribution in [0, 0.1) is 5.92 Å². The van der Waals surface area contributed by atoms with Gasteiger partial charge in [-0.05, 0) is 35.6 Å². The lowest BCUT2D eigenvalue weighted by molar-refractivity contribution is -0.116. The van der Waals surface area contributed by atoms with Crippen LogP contribution in [0.1, 0.15) is 20.3 Å². The van der Waals surface area contributed by atoms with Crippen molar-refractivity contribution in [1.29, 1.82) is 0 Å². The number of hydrogen-bond donors (Lipinski definition) is 3. The highest BCUT2D eigenvalue weighted by Crippen LogP contribution is 2.32. The van der Waals surface area contributed by atoms with Crippen molar-refractivity contribution in [3.63, 3.8) is 0 Å². The van der Waals surface area contributed by atoms with Crippen molar-refractivity contribution in [3.05, 3.63) is 59.8 Å². The van der Waals surface area contributed by atoms with Crippen molar-refractivity contribution in [2.45, 2.75) is 20.3 Å². The van der Waals surface area contributed by atoms with E-state index in [1.54, 1.807) is 36.1 Å². The number of H-pyrrole nitrogens is 2. The second kappa shape index (κ2) is 8.97. The summed E-state index contributed by atoms with van der Waals surface area (Å²) in [5.74, 6) is 0.886. The number of thiophene rings is 1. The molecule has 6 heterocycles. The number of carbonyl (C=O) groups excluding carboxylic acids is 1. The van der Waals surface area contributed by atoms with Gasteiger partial charge in [-0.1, -0.05) is 13.8 Å². The van der Waals surface area contributed by atoms with Crippen LogP contribution in [-0.4, -0.2) is 41.0 Å². The Morgan fingerprint density at radius 3 is 2.81 bits per heavy atom. The average Bonchev–Trinajstić information content (AvgIpc) is 3.62. The summed E-state index contributed by atoms with van der Waals surface area (Å²) >= 11 is 1.62. The minimum atomic E-state index is -0.0364. The summed E-state index contributed by atoms with van der Waals surface area (Å²) < 4.78 is 0. The number of fused-ring (bicyclic) bond motifs is 2. The third-order valence-corrected chi connectivity index (χ3v) is 6.46. The molecule has 178 valence electrons. The van der Waals surface area contributed by atoms with Crippen LogP contribution in [-0.2, 0) is 4.79 Å². The first-order valence-electron chi connectivity index (χ1n) is 11.5. The fraction of sp³-hybridized carbons (Fsp3) is 0.154. The van der Waals surface area contributed by atoms with Gasteiger partial charge >= 0.3 is 0 Å². The van der Waals surface area contributed by atoms with Crippen LogP contribution < -0.4 is 5.32 Å². The molecule has 0 aliphatic heterocycles. The molecule has 1 amide bonds. The summed E-state index contributed by atoms with van der Waals surface area (Å²) in [5.41, 5.74) is 7.18. The second-order valence-corrected chi connectivity index (χ2v) is 9.73. The van der Waals surface area contributed by atoms with E-state index in [9.17, 15) is 4.79 Å². The maximum absolute atomic E-state index is 12.2. The largest absolute Gasteiger partial charge is 0.336 e. The number of anilines is 1. The van der Waals surface area contributed by atoms with E-state index < -0.39 is 0 Å².